The molecule has 0 saturated carbocycles. The molecular weight excluding hydrogens is 324 g/mol. The summed E-state index contributed by atoms with van der Waals surface area (Å²) in [5.41, 5.74) is 5.09. The van der Waals surface area contributed by atoms with Crippen LogP contribution >= 0.6 is 11.5 Å². The molecule has 120 valence electrons. The average molecular weight is 340 g/mol. The molecule has 3 heteroatoms. The predicted octanol–water partition coefficient (Wildman–Crippen LogP) is 5.98. The fraction of sp³-hybridized carbons (Fsp3) is 0. The van der Waals surface area contributed by atoms with Crippen LogP contribution in [0.3, 0.4) is 0 Å². The molecule has 1 aromatic heterocycles. The molecule has 0 aliphatic carbocycles. The van der Waals surface area contributed by atoms with Gasteiger partial charge in [0.05, 0.1) is 22.0 Å². The van der Waals surface area contributed by atoms with Crippen LogP contribution in [-0.2, 0) is 0 Å². The lowest BCUT2D eigenvalue weighted by atomic mass is 10.1. The second-order valence-electron chi connectivity index (χ2n) is 5.60. The lowest BCUT2D eigenvalue weighted by molar-refractivity contribution is 1.49. The van der Waals surface area contributed by atoms with Crippen LogP contribution in [0, 0.1) is 0 Å². The zero-order valence-corrected chi connectivity index (χ0v) is 14.4. The number of nitrogens with zero attached hydrogens (tertiary/aromatic N) is 2. The highest BCUT2D eigenvalue weighted by Gasteiger charge is 2.12. The number of hydrogen-bond donors (Lipinski definition) is 0. The predicted molar refractivity (Wildman–Crippen MR) is 106 cm³/mol. The highest BCUT2D eigenvalue weighted by molar-refractivity contribution is 7.08. The van der Waals surface area contributed by atoms with E-state index in [0.717, 1.165) is 33.1 Å². The van der Waals surface area contributed by atoms with E-state index in [2.05, 4.69) is 34.7 Å². The minimum atomic E-state index is 0.941. The minimum Gasteiger partial charge on any atom is -0.247 e. The number of rotatable bonds is 4. The van der Waals surface area contributed by atoms with Gasteiger partial charge in [-0.25, -0.2) is 4.99 Å². The minimum absolute atomic E-state index is 0.941. The molecule has 2 nitrogen and oxygen atoms in total. The van der Waals surface area contributed by atoms with Crippen molar-refractivity contribution >= 4 is 22.9 Å². The van der Waals surface area contributed by atoms with Gasteiger partial charge in [-0.2, -0.15) is 4.37 Å². The van der Waals surface area contributed by atoms with E-state index in [9.17, 15) is 0 Å². The van der Waals surface area contributed by atoms with Crippen molar-refractivity contribution < 1.29 is 0 Å². The molecule has 0 N–H and O–H groups in total. The van der Waals surface area contributed by atoms with E-state index in [4.69, 9.17) is 4.99 Å². The van der Waals surface area contributed by atoms with E-state index < -0.39 is 0 Å². The Morgan fingerprint density at radius 1 is 0.720 bits per heavy atom. The lowest BCUT2D eigenvalue weighted by Gasteiger charge is -2.04. The Bertz CT molecular complexity index is 974. The van der Waals surface area contributed by atoms with Gasteiger partial charge in [0, 0.05) is 11.1 Å². The van der Waals surface area contributed by atoms with Crippen molar-refractivity contribution in [3.8, 4) is 11.3 Å². The zero-order valence-electron chi connectivity index (χ0n) is 13.5. The lowest BCUT2D eigenvalue weighted by Crippen LogP contribution is -2.00. The van der Waals surface area contributed by atoms with Gasteiger partial charge < -0.3 is 0 Å². The van der Waals surface area contributed by atoms with Gasteiger partial charge in [0.25, 0.3) is 0 Å². The summed E-state index contributed by atoms with van der Waals surface area (Å²) in [6.07, 6.45) is 0. The monoisotopic (exact) mass is 340 g/mol. The van der Waals surface area contributed by atoms with Crippen molar-refractivity contribution in [2.75, 3.05) is 0 Å². The molecule has 0 fully saturated rings. The first kappa shape index (κ1) is 15.5. The van der Waals surface area contributed by atoms with Crippen molar-refractivity contribution in [2.45, 2.75) is 0 Å². The van der Waals surface area contributed by atoms with Crippen LogP contribution in [0.4, 0.5) is 5.69 Å². The molecule has 0 unspecified atom stereocenters. The second-order valence-corrected chi connectivity index (χ2v) is 6.41. The Morgan fingerprint density at radius 3 is 2.00 bits per heavy atom. The molecule has 25 heavy (non-hydrogen) atoms. The standard InChI is InChI=1S/C22H16N2S/c1-4-10-17(11-5-1)20-16-21(25-24-20)22(18-12-6-2-7-13-18)23-19-14-8-3-9-15-19/h1-16H. The SMILES string of the molecule is c1ccc(N=C(c2ccccc2)c2cc(-c3ccccc3)ns2)cc1. The van der Waals surface area contributed by atoms with E-state index in [0.29, 0.717) is 0 Å². The summed E-state index contributed by atoms with van der Waals surface area (Å²) in [7, 11) is 0. The highest BCUT2D eigenvalue weighted by Crippen LogP contribution is 2.26. The smallest absolute Gasteiger partial charge is 0.0897 e. The Balaban J connectivity index is 1.80. The summed E-state index contributed by atoms with van der Waals surface area (Å²) in [6, 6.07) is 32.7. The fourth-order valence-corrected chi connectivity index (χ4v) is 3.39. The number of hydrogen-bond acceptors (Lipinski definition) is 3. The van der Waals surface area contributed by atoms with Gasteiger partial charge in [-0.15, -0.1) is 0 Å². The Kier molecular flexibility index (Phi) is 4.49. The van der Waals surface area contributed by atoms with Gasteiger partial charge >= 0.3 is 0 Å². The van der Waals surface area contributed by atoms with Gasteiger partial charge in [0.1, 0.15) is 0 Å². The molecular formula is C22H16N2S. The molecule has 3 aromatic carbocycles. The first-order valence-corrected chi connectivity index (χ1v) is 8.89. The summed E-state index contributed by atoms with van der Waals surface area (Å²) in [5, 5.41) is 0. The van der Waals surface area contributed by atoms with E-state index >= 15 is 0 Å². The largest absolute Gasteiger partial charge is 0.247 e. The molecule has 0 saturated heterocycles. The third kappa shape index (κ3) is 3.57. The molecule has 0 radical (unpaired) electrons. The molecule has 0 bridgehead atoms. The van der Waals surface area contributed by atoms with Crippen molar-refractivity contribution in [3.05, 3.63) is 108 Å². The summed E-state index contributed by atoms with van der Waals surface area (Å²) >= 11 is 1.49. The van der Waals surface area contributed by atoms with Gasteiger partial charge in [-0.3, -0.25) is 0 Å². The molecule has 0 amide bonds. The van der Waals surface area contributed by atoms with Crippen LogP contribution in [0.5, 0.6) is 0 Å². The first-order chi connectivity index (χ1) is 12.4. The van der Waals surface area contributed by atoms with E-state index in [-0.39, 0.29) is 0 Å². The Labute approximate surface area is 151 Å². The van der Waals surface area contributed by atoms with Crippen LogP contribution in [0.2, 0.25) is 0 Å². The van der Waals surface area contributed by atoms with Crippen molar-refractivity contribution in [3.63, 3.8) is 0 Å². The Hall–Kier alpha value is -3.04. The van der Waals surface area contributed by atoms with Gasteiger partial charge in [0.15, 0.2) is 0 Å². The normalized spacial score (nSPS) is 11.4. The summed E-state index contributed by atoms with van der Waals surface area (Å²) in [5.74, 6) is 0. The first-order valence-electron chi connectivity index (χ1n) is 8.12. The Morgan fingerprint density at radius 2 is 1.32 bits per heavy atom. The molecule has 4 aromatic rings. The summed E-state index contributed by atoms with van der Waals surface area (Å²) in [6.45, 7) is 0. The van der Waals surface area contributed by atoms with Crippen LogP contribution in [-0.4, -0.2) is 10.1 Å². The van der Waals surface area contributed by atoms with Gasteiger partial charge in [-0.1, -0.05) is 78.9 Å². The van der Waals surface area contributed by atoms with Crippen LogP contribution in [0.15, 0.2) is 102 Å². The van der Waals surface area contributed by atoms with Crippen molar-refractivity contribution in [2.24, 2.45) is 4.99 Å². The van der Waals surface area contributed by atoms with Crippen molar-refractivity contribution in [1.82, 2.24) is 4.37 Å². The number of benzene rings is 3. The zero-order chi connectivity index (χ0) is 16.9. The summed E-state index contributed by atoms with van der Waals surface area (Å²) in [4.78, 5) is 5.96. The van der Waals surface area contributed by atoms with Crippen LogP contribution in [0.25, 0.3) is 11.3 Å². The molecule has 0 spiro atoms. The van der Waals surface area contributed by atoms with Crippen molar-refractivity contribution in [1.29, 1.82) is 0 Å². The van der Waals surface area contributed by atoms with E-state index in [1.165, 1.54) is 11.5 Å². The van der Waals surface area contributed by atoms with Crippen LogP contribution in [0.1, 0.15) is 10.4 Å². The number of para-hydroxylation sites is 1. The second kappa shape index (κ2) is 7.24. The topological polar surface area (TPSA) is 25.2 Å². The number of aliphatic imine (C=N–C) groups is 1. The van der Waals surface area contributed by atoms with E-state index in [1.54, 1.807) is 0 Å². The maximum absolute atomic E-state index is 4.89. The highest BCUT2D eigenvalue weighted by atomic mass is 32.1. The number of aromatic nitrogens is 1. The van der Waals surface area contributed by atoms with Crippen LogP contribution < -0.4 is 0 Å². The molecule has 4 rings (SSSR count). The summed E-state index contributed by atoms with van der Waals surface area (Å²) < 4.78 is 4.64. The molecule has 1 heterocycles. The fourth-order valence-electron chi connectivity index (χ4n) is 2.62. The maximum atomic E-state index is 4.89. The molecule has 0 aliphatic rings. The maximum Gasteiger partial charge on any atom is 0.0897 e. The third-order valence-electron chi connectivity index (χ3n) is 3.86. The van der Waals surface area contributed by atoms with Gasteiger partial charge in [0.2, 0.25) is 0 Å². The molecule has 0 atom stereocenters. The molecule has 0 aliphatic heterocycles. The quantitative estimate of drug-likeness (QED) is 0.420. The van der Waals surface area contributed by atoms with Gasteiger partial charge in [-0.05, 0) is 29.7 Å². The third-order valence-corrected chi connectivity index (χ3v) is 4.65. The average Bonchev–Trinajstić information content (AvgIpc) is 3.18. The van der Waals surface area contributed by atoms with E-state index in [1.807, 2.05) is 66.7 Å².